The lowest BCUT2D eigenvalue weighted by Crippen LogP contribution is -2.17. The summed E-state index contributed by atoms with van der Waals surface area (Å²) in [6.07, 6.45) is 0. The predicted octanol–water partition coefficient (Wildman–Crippen LogP) is 3.53. The standard InChI is InChI=1S/C19H22O6/c1-9(2)18(21)23-13-8-14(24-19(22)10(3)4)16-11(5)7-15(20)25-17(16)12(13)6/h7-10H,1-6H3. The number of esters is 2. The van der Waals surface area contributed by atoms with Crippen molar-refractivity contribution in [1.29, 1.82) is 0 Å². The molecule has 0 N–H and O–H groups in total. The van der Waals surface area contributed by atoms with Crippen LogP contribution in [-0.2, 0) is 9.59 Å². The summed E-state index contributed by atoms with van der Waals surface area (Å²) < 4.78 is 16.1. The molecule has 1 aromatic carbocycles. The molecule has 6 nitrogen and oxygen atoms in total. The van der Waals surface area contributed by atoms with E-state index in [4.69, 9.17) is 13.9 Å². The van der Waals surface area contributed by atoms with Gasteiger partial charge in [0.15, 0.2) is 0 Å². The molecule has 0 fully saturated rings. The summed E-state index contributed by atoms with van der Waals surface area (Å²) in [5.74, 6) is -1.13. The summed E-state index contributed by atoms with van der Waals surface area (Å²) in [6.45, 7) is 10.3. The first kappa shape index (κ1) is 18.7. The summed E-state index contributed by atoms with van der Waals surface area (Å²) in [5, 5.41) is 0.510. The summed E-state index contributed by atoms with van der Waals surface area (Å²) in [6, 6.07) is 2.82. The molecular weight excluding hydrogens is 324 g/mol. The fourth-order valence-electron chi connectivity index (χ4n) is 2.23. The van der Waals surface area contributed by atoms with E-state index in [0.29, 0.717) is 16.5 Å². The van der Waals surface area contributed by atoms with Gasteiger partial charge in [0.2, 0.25) is 0 Å². The fraction of sp³-hybridized carbons (Fsp3) is 0.421. The van der Waals surface area contributed by atoms with Crippen molar-refractivity contribution in [3.63, 3.8) is 0 Å². The number of fused-ring (bicyclic) bond motifs is 1. The Morgan fingerprint density at radius 2 is 1.44 bits per heavy atom. The van der Waals surface area contributed by atoms with Crippen molar-refractivity contribution >= 4 is 22.9 Å². The zero-order valence-corrected chi connectivity index (χ0v) is 15.3. The molecule has 0 radical (unpaired) electrons. The van der Waals surface area contributed by atoms with Crippen LogP contribution in [0.5, 0.6) is 11.5 Å². The predicted molar refractivity (Wildman–Crippen MR) is 92.9 cm³/mol. The van der Waals surface area contributed by atoms with Crippen molar-refractivity contribution in [2.75, 3.05) is 0 Å². The van der Waals surface area contributed by atoms with Crippen molar-refractivity contribution < 1.29 is 23.5 Å². The third kappa shape index (κ3) is 3.90. The maximum atomic E-state index is 12.0. The van der Waals surface area contributed by atoms with E-state index >= 15 is 0 Å². The number of hydrogen-bond donors (Lipinski definition) is 0. The molecule has 0 atom stereocenters. The lowest BCUT2D eigenvalue weighted by molar-refractivity contribution is -0.138. The minimum atomic E-state index is -0.526. The first-order valence-electron chi connectivity index (χ1n) is 8.13. The van der Waals surface area contributed by atoms with Crippen molar-refractivity contribution in [3.05, 3.63) is 33.7 Å². The van der Waals surface area contributed by atoms with Crippen LogP contribution in [-0.4, -0.2) is 11.9 Å². The van der Waals surface area contributed by atoms with Gasteiger partial charge in [0.1, 0.15) is 17.1 Å². The smallest absolute Gasteiger partial charge is 0.336 e. The monoisotopic (exact) mass is 346 g/mol. The molecule has 0 spiro atoms. The van der Waals surface area contributed by atoms with Crippen LogP contribution in [0.4, 0.5) is 0 Å². The summed E-state index contributed by atoms with van der Waals surface area (Å²) in [4.78, 5) is 35.8. The summed E-state index contributed by atoms with van der Waals surface area (Å²) >= 11 is 0. The normalized spacial score (nSPS) is 11.2. The highest BCUT2D eigenvalue weighted by atomic mass is 16.5. The Morgan fingerprint density at radius 3 is 1.96 bits per heavy atom. The molecule has 134 valence electrons. The van der Waals surface area contributed by atoms with Gasteiger partial charge in [-0.2, -0.15) is 0 Å². The van der Waals surface area contributed by atoms with Crippen LogP contribution in [0.3, 0.4) is 0 Å². The Hall–Kier alpha value is -2.63. The van der Waals surface area contributed by atoms with Gasteiger partial charge in [-0.3, -0.25) is 9.59 Å². The Labute approximate surface area is 145 Å². The van der Waals surface area contributed by atoms with E-state index in [1.165, 1.54) is 12.1 Å². The van der Waals surface area contributed by atoms with E-state index < -0.39 is 17.6 Å². The number of ether oxygens (including phenoxy) is 2. The lowest BCUT2D eigenvalue weighted by atomic mass is 10.1. The third-order valence-electron chi connectivity index (χ3n) is 3.74. The van der Waals surface area contributed by atoms with Crippen LogP contribution in [0.25, 0.3) is 11.0 Å². The molecule has 0 aliphatic rings. The highest BCUT2D eigenvalue weighted by Crippen LogP contribution is 2.37. The zero-order chi connectivity index (χ0) is 18.9. The number of benzene rings is 1. The maximum Gasteiger partial charge on any atom is 0.336 e. The van der Waals surface area contributed by atoms with Gasteiger partial charge in [-0.15, -0.1) is 0 Å². The Balaban J connectivity index is 2.71. The molecule has 1 heterocycles. The average Bonchev–Trinajstić information content (AvgIpc) is 2.50. The summed E-state index contributed by atoms with van der Waals surface area (Å²) in [5.41, 5.74) is 0.823. The van der Waals surface area contributed by atoms with Gasteiger partial charge < -0.3 is 13.9 Å². The van der Waals surface area contributed by atoms with E-state index in [1.807, 2.05) is 0 Å². The second-order valence-electron chi connectivity index (χ2n) is 6.60. The molecule has 0 bridgehead atoms. The van der Waals surface area contributed by atoms with Gasteiger partial charge in [-0.05, 0) is 19.4 Å². The minimum absolute atomic E-state index is 0.200. The fourth-order valence-corrected chi connectivity index (χ4v) is 2.23. The van der Waals surface area contributed by atoms with E-state index in [-0.39, 0.29) is 28.9 Å². The second kappa shape index (κ2) is 7.09. The van der Waals surface area contributed by atoms with Gasteiger partial charge in [0.25, 0.3) is 0 Å². The Morgan fingerprint density at radius 1 is 0.920 bits per heavy atom. The molecule has 1 aromatic heterocycles. The van der Waals surface area contributed by atoms with Gasteiger partial charge in [0, 0.05) is 17.7 Å². The van der Waals surface area contributed by atoms with Crippen LogP contribution in [0.2, 0.25) is 0 Å². The van der Waals surface area contributed by atoms with E-state index in [0.717, 1.165) is 0 Å². The zero-order valence-electron chi connectivity index (χ0n) is 15.3. The van der Waals surface area contributed by atoms with Crippen molar-refractivity contribution in [1.82, 2.24) is 0 Å². The van der Waals surface area contributed by atoms with Crippen LogP contribution in [0, 0.1) is 25.7 Å². The number of hydrogen-bond acceptors (Lipinski definition) is 6. The van der Waals surface area contributed by atoms with Crippen molar-refractivity contribution in [2.45, 2.75) is 41.5 Å². The number of aryl methyl sites for hydroxylation is 2. The molecule has 0 aliphatic heterocycles. The number of carbonyl (C=O) groups is 2. The molecule has 0 unspecified atom stereocenters. The third-order valence-corrected chi connectivity index (χ3v) is 3.74. The largest absolute Gasteiger partial charge is 0.426 e. The Bertz CT molecular complexity index is 889. The topological polar surface area (TPSA) is 82.8 Å². The number of rotatable bonds is 4. The molecule has 25 heavy (non-hydrogen) atoms. The molecule has 2 rings (SSSR count). The van der Waals surface area contributed by atoms with Crippen molar-refractivity contribution in [2.24, 2.45) is 11.8 Å². The highest BCUT2D eigenvalue weighted by Gasteiger charge is 2.21. The first-order chi connectivity index (χ1) is 11.6. The molecule has 2 aromatic rings. The first-order valence-corrected chi connectivity index (χ1v) is 8.13. The molecule has 0 amide bonds. The van der Waals surface area contributed by atoms with E-state index in [9.17, 15) is 14.4 Å². The molecular formula is C19H22O6. The second-order valence-corrected chi connectivity index (χ2v) is 6.60. The van der Waals surface area contributed by atoms with Gasteiger partial charge in [0.05, 0.1) is 17.2 Å². The average molecular weight is 346 g/mol. The maximum absolute atomic E-state index is 12.0. The van der Waals surface area contributed by atoms with Crippen LogP contribution in [0.1, 0.15) is 38.8 Å². The molecule has 6 heteroatoms. The Kier molecular flexibility index (Phi) is 5.30. The minimum Gasteiger partial charge on any atom is -0.426 e. The summed E-state index contributed by atoms with van der Waals surface area (Å²) in [7, 11) is 0. The highest BCUT2D eigenvalue weighted by molar-refractivity contribution is 5.93. The van der Waals surface area contributed by atoms with E-state index in [1.54, 1.807) is 41.5 Å². The van der Waals surface area contributed by atoms with Crippen LogP contribution < -0.4 is 15.1 Å². The molecule has 0 aliphatic carbocycles. The van der Waals surface area contributed by atoms with Gasteiger partial charge >= 0.3 is 17.6 Å². The van der Waals surface area contributed by atoms with Crippen molar-refractivity contribution in [3.8, 4) is 11.5 Å². The van der Waals surface area contributed by atoms with Gasteiger partial charge in [-0.25, -0.2) is 4.79 Å². The molecule has 0 saturated heterocycles. The lowest BCUT2D eigenvalue weighted by Gasteiger charge is -2.16. The van der Waals surface area contributed by atoms with Crippen LogP contribution >= 0.6 is 0 Å². The van der Waals surface area contributed by atoms with E-state index in [2.05, 4.69) is 0 Å². The SMILES string of the molecule is Cc1c(OC(=O)C(C)C)cc(OC(=O)C(C)C)c2c(C)cc(=O)oc12. The van der Waals surface area contributed by atoms with Crippen LogP contribution in [0.15, 0.2) is 21.3 Å². The van der Waals surface area contributed by atoms with Gasteiger partial charge in [-0.1, -0.05) is 27.7 Å². The molecule has 0 saturated carbocycles. The number of carbonyl (C=O) groups excluding carboxylic acids is 2. The quantitative estimate of drug-likeness (QED) is 0.478.